The highest BCUT2D eigenvalue weighted by Crippen LogP contribution is 2.27. The van der Waals surface area contributed by atoms with Gasteiger partial charge in [-0.15, -0.1) is 0 Å². The number of aryl methyl sites for hydroxylation is 1. The van der Waals surface area contributed by atoms with Crippen molar-refractivity contribution in [2.75, 3.05) is 23.3 Å². The number of nitrogens with one attached hydrogen (secondary N) is 2. The fraction of sp³-hybridized carbons (Fsp3) is 0.318. The molecule has 28 heavy (non-hydrogen) atoms. The molecule has 1 saturated heterocycles. The molecule has 1 aliphatic heterocycles. The fourth-order valence-electron chi connectivity index (χ4n) is 3.29. The van der Waals surface area contributed by atoms with Crippen LogP contribution in [0.5, 0.6) is 0 Å². The summed E-state index contributed by atoms with van der Waals surface area (Å²) in [5.41, 5.74) is 2.75. The third-order valence-corrected chi connectivity index (χ3v) is 4.77. The molecule has 1 fully saturated rings. The number of anilines is 2. The molecule has 1 atom stereocenters. The molecule has 0 aromatic heterocycles. The van der Waals surface area contributed by atoms with Crippen molar-refractivity contribution in [2.45, 2.75) is 26.7 Å². The summed E-state index contributed by atoms with van der Waals surface area (Å²) in [6, 6.07) is 14.6. The van der Waals surface area contributed by atoms with E-state index in [0.717, 1.165) is 17.7 Å². The predicted octanol–water partition coefficient (Wildman–Crippen LogP) is 3.13. The molecule has 1 heterocycles. The van der Waals surface area contributed by atoms with E-state index in [1.807, 2.05) is 38.1 Å². The van der Waals surface area contributed by atoms with Gasteiger partial charge in [-0.3, -0.25) is 14.4 Å². The van der Waals surface area contributed by atoms with Crippen molar-refractivity contribution in [3.8, 4) is 0 Å². The Morgan fingerprint density at radius 3 is 2.68 bits per heavy atom. The topological polar surface area (TPSA) is 78.5 Å². The summed E-state index contributed by atoms with van der Waals surface area (Å²) in [7, 11) is 0. The van der Waals surface area contributed by atoms with Gasteiger partial charge < -0.3 is 15.5 Å². The summed E-state index contributed by atoms with van der Waals surface area (Å²) in [5.74, 6) is -1.000. The minimum Gasteiger partial charge on any atom is -0.352 e. The van der Waals surface area contributed by atoms with Crippen molar-refractivity contribution in [3.63, 3.8) is 0 Å². The number of amides is 3. The van der Waals surface area contributed by atoms with Crippen LogP contribution in [0.1, 0.15) is 35.7 Å². The summed E-state index contributed by atoms with van der Waals surface area (Å²) < 4.78 is 0. The molecular weight excluding hydrogens is 354 g/mol. The molecular formula is C22H25N3O3. The van der Waals surface area contributed by atoms with Crippen LogP contribution in [0.25, 0.3) is 0 Å². The van der Waals surface area contributed by atoms with Crippen LogP contribution in [-0.2, 0) is 9.59 Å². The van der Waals surface area contributed by atoms with Gasteiger partial charge in [-0.25, -0.2) is 0 Å². The van der Waals surface area contributed by atoms with Crippen molar-refractivity contribution in [1.29, 1.82) is 0 Å². The molecule has 1 aliphatic rings. The second kappa shape index (κ2) is 8.69. The van der Waals surface area contributed by atoms with Crippen molar-refractivity contribution < 1.29 is 14.4 Å². The summed E-state index contributed by atoms with van der Waals surface area (Å²) >= 11 is 0. The fourth-order valence-corrected chi connectivity index (χ4v) is 3.29. The van der Waals surface area contributed by atoms with Gasteiger partial charge >= 0.3 is 0 Å². The summed E-state index contributed by atoms with van der Waals surface area (Å²) in [5, 5.41) is 5.66. The van der Waals surface area contributed by atoms with Crippen molar-refractivity contribution in [2.24, 2.45) is 5.92 Å². The SMILES string of the molecule is CCCNC(=O)c1ccccc1NC(=O)C1CC(=O)N(c2cccc(C)c2)C1. The lowest BCUT2D eigenvalue weighted by molar-refractivity contribution is -0.122. The van der Waals surface area contributed by atoms with Crippen LogP contribution in [0.15, 0.2) is 48.5 Å². The molecule has 0 radical (unpaired) electrons. The minimum absolute atomic E-state index is 0.0697. The number of carbonyl (C=O) groups is 3. The zero-order valence-corrected chi connectivity index (χ0v) is 16.2. The molecule has 2 aromatic carbocycles. The standard InChI is InChI=1S/C22H25N3O3/c1-3-11-23-22(28)18-9-4-5-10-19(18)24-21(27)16-13-20(26)25(14-16)17-8-6-7-15(2)12-17/h4-10,12,16H,3,11,13-14H2,1-2H3,(H,23,28)(H,24,27). The maximum Gasteiger partial charge on any atom is 0.253 e. The lowest BCUT2D eigenvalue weighted by Crippen LogP contribution is -2.29. The van der Waals surface area contributed by atoms with E-state index >= 15 is 0 Å². The predicted molar refractivity (Wildman–Crippen MR) is 109 cm³/mol. The van der Waals surface area contributed by atoms with Gasteiger partial charge in [-0.2, -0.15) is 0 Å². The van der Waals surface area contributed by atoms with E-state index in [0.29, 0.717) is 24.3 Å². The molecule has 0 bridgehead atoms. The number of para-hydroxylation sites is 1. The first-order chi connectivity index (χ1) is 13.5. The van der Waals surface area contributed by atoms with Gasteiger partial charge in [0.05, 0.1) is 17.2 Å². The number of hydrogen-bond acceptors (Lipinski definition) is 3. The summed E-state index contributed by atoms with van der Waals surface area (Å²) in [6.07, 6.45) is 0.989. The molecule has 2 N–H and O–H groups in total. The molecule has 6 heteroatoms. The van der Waals surface area contributed by atoms with E-state index < -0.39 is 5.92 Å². The number of rotatable bonds is 6. The summed E-state index contributed by atoms with van der Waals surface area (Å²) in [4.78, 5) is 39.2. The van der Waals surface area contributed by atoms with E-state index in [1.54, 1.807) is 29.2 Å². The maximum absolute atomic E-state index is 12.8. The number of carbonyl (C=O) groups excluding carboxylic acids is 3. The number of nitrogens with zero attached hydrogens (tertiary/aromatic N) is 1. The molecule has 2 aromatic rings. The third-order valence-electron chi connectivity index (χ3n) is 4.77. The molecule has 146 valence electrons. The Morgan fingerprint density at radius 2 is 1.93 bits per heavy atom. The van der Waals surface area contributed by atoms with Crippen molar-refractivity contribution in [3.05, 3.63) is 59.7 Å². The zero-order valence-electron chi connectivity index (χ0n) is 16.2. The minimum atomic E-state index is -0.459. The molecule has 3 rings (SSSR count). The Labute approximate surface area is 164 Å². The number of benzene rings is 2. The molecule has 6 nitrogen and oxygen atoms in total. The quantitative estimate of drug-likeness (QED) is 0.809. The largest absolute Gasteiger partial charge is 0.352 e. The normalized spacial score (nSPS) is 16.1. The Bertz CT molecular complexity index is 894. The van der Waals surface area contributed by atoms with Crippen LogP contribution in [0.2, 0.25) is 0 Å². The van der Waals surface area contributed by atoms with Gasteiger partial charge in [0.1, 0.15) is 0 Å². The van der Waals surface area contributed by atoms with E-state index in [2.05, 4.69) is 10.6 Å². The molecule has 1 unspecified atom stereocenters. The zero-order chi connectivity index (χ0) is 20.1. The van der Waals surface area contributed by atoms with Crippen LogP contribution >= 0.6 is 0 Å². The first-order valence-electron chi connectivity index (χ1n) is 9.54. The average molecular weight is 379 g/mol. The first-order valence-corrected chi connectivity index (χ1v) is 9.54. The Balaban J connectivity index is 1.71. The molecule has 3 amide bonds. The lowest BCUT2D eigenvalue weighted by atomic mass is 10.1. The maximum atomic E-state index is 12.8. The lowest BCUT2D eigenvalue weighted by Gasteiger charge is -2.17. The van der Waals surface area contributed by atoms with Crippen LogP contribution in [0.3, 0.4) is 0 Å². The second-order valence-corrected chi connectivity index (χ2v) is 7.04. The van der Waals surface area contributed by atoms with Crippen LogP contribution < -0.4 is 15.5 Å². The monoisotopic (exact) mass is 379 g/mol. The van der Waals surface area contributed by atoms with Crippen molar-refractivity contribution >= 4 is 29.1 Å². The van der Waals surface area contributed by atoms with Crippen molar-refractivity contribution in [1.82, 2.24) is 5.32 Å². The second-order valence-electron chi connectivity index (χ2n) is 7.04. The molecule has 0 aliphatic carbocycles. The van der Waals surface area contributed by atoms with Gasteiger partial charge in [0.15, 0.2) is 0 Å². The Kier molecular flexibility index (Phi) is 6.09. The van der Waals surface area contributed by atoms with Gasteiger partial charge in [0.2, 0.25) is 11.8 Å². The van der Waals surface area contributed by atoms with Crippen LogP contribution in [0, 0.1) is 12.8 Å². The Hall–Kier alpha value is -3.15. The van der Waals surface area contributed by atoms with E-state index in [-0.39, 0.29) is 24.1 Å². The van der Waals surface area contributed by atoms with E-state index in [1.165, 1.54) is 0 Å². The summed E-state index contributed by atoms with van der Waals surface area (Å²) in [6.45, 7) is 4.85. The van der Waals surface area contributed by atoms with Gasteiger partial charge in [-0.1, -0.05) is 31.2 Å². The van der Waals surface area contributed by atoms with Crippen LogP contribution in [-0.4, -0.2) is 30.8 Å². The average Bonchev–Trinajstić information content (AvgIpc) is 3.08. The highest BCUT2D eigenvalue weighted by atomic mass is 16.2. The smallest absolute Gasteiger partial charge is 0.253 e. The van der Waals surface area contributed by atoms with E-state index in [4.69, 9.17) is 0 Å². The third kappa shape index (κ3) is 4.39. The highest BCUT2D eigenvalue weighted by molar-refractivity contribution is 6.07. The number of hydrogen-bond donors (Lipinski definition) is 2. The highest BCUT2D eigenvalue weighted by Gasteiger charge is 2.35. The first kappa shape index (κ1) is 19.6. The van der Waals surface area contributed by atoms with Gasteiger partial charge in [-0.05, 0) is 43.2 Å². The Morgan fingerprint density at radius 1 is 1.14 bits per heavy atom. The molecule has 0 spiro atoms. The molecule has 0 saturated carbocycles. The van der Waals surface area contributed by atoms with Gasteiger partial charge in [0, 0.05) is 25.2 Å². The van der Waals surface area contributed by atoms with E-state index in [9.17, 15) is 14.4 Å². The van der Waals surface area contributed by atoms with Gasteiger partial charge in [0.25, 0.3) is 5.91 Å². The van der Waals surface area contributed by atoms with Crippen LogP contribution in [0.4, 0.5) is 11.4 Å².